The minimum atomic E-state index is -1.02. The molecule has 0 heterocycles. The predicted molar refractivity (Wildman–Crippen MR) is 252 cm³/mol. The van der Waals surface area contributed by atoms with E-state index in [1.807, 2.05) is 36.4 Å². The summed E-state index contributed by atoms with van der Waals surface area (Å²) in [5, 5.41) is 37.7. The molecule has 0 amide bonds. The average molecular weight is 984 g/mol. The van der Waals surface area contributed by atoms with Crippen molar-refractivity contribution in [2.24, 2.45) is 0 Å². The maximum atomic E-state index is 11.3. The third-order valence-electron chi connectivity index (χ3n) is 10.2. The minimum absolute atomic E-state index is 0.109. The van der Waals surface area contributed by atoms with Crippen LogP contribution in [0.3, 0.4) is 0 Å². The van der Waals surface area contributed by atoms with Crippen molar-refractivity contribution >= 4 is 39.8 Å². The molecule has 7 aromatic rings. The number of alkyl halides is 1. The van der Waals surface area contributed by atoms with Crippen LogP contribution in [0.5, 0.6) is 34.5 Å². The topological polar surface area (TPSA) is 205 Å². The molecule has 0 aliphatic heterocycles. The molecule has 0 aliphatic rings. The second-order valence-electron chi connectivity index (χ2n) is 15.3. The maximum Gasteiger partial charge on any atom is 0.335 e. The molecule has 7 rings (SSSR count). The Balaban J connectivity index is 1.06. The van der Waals surface area contributed by atoms with Gasteiger partial charge in [-0.25, -0.2) is 19.2 Å². The minimum Gasteiger partial charge on any atom is -0.489 e. The fourth-order valence-corrected chi connectivity index (χ4v) is 6.93. The van der Waals surface area contributed by atoms with Gasteiger partial charge >= 0.3 is 23.9 Å². The Labute approximate surface area is 398 Å². The maximum absolute atomic E-state index is 11.3. The Bertz CT molecular complexity index is 2530. The summed E-state index contributed by atoms with van der Waals surface area (Å²) in [4.78, 5) is 45.4. The standard InChI is InChI=1S/C53H43BrO14/c54-26-37-17-44(67-31-38-19-46(63-27-33-1-9-40(10-2-33)50(55)56)24-47(20-38)64-28-34-3-11-41(12-4-34)51(57)58)23-45(18-37)68-32-39-21-48(65-29-35-5-13-42(14-6-35)52(59)60)25-49(22-39)66-30-36-7-15-43(16-8-36)53(61)62/h1-25H,26-32H2,(H,55,56)(H,57,58)(H,59,60)(H,61,62). The number of hydrogen-bond acceptors (Lipinski definition) is 10. The summed E-state index contributed by atoms with van der Waals surface area (Å²) >= 11 is 3.55. The molecular weight excluding hydrogens is 940 g/mol. The van der Waals surface area contributed by atoms with Crippen LogP contribution in [0.2, 0.25) is 0 Å². The third kappa shape index (κ3) is 13.9. The number of carboxylic acids is 4. The van der Waals surface area contributed by atoms with E-state index in [1.54, 1.807) is 66.7 Å². The number of hydrogen-bond donors (Lipinski definition) is 4. The zero-order valence-electron chi connectivity index (χ0n) is 36.1. The lowest BCUT2D eigenvalue weighted by molar-refractivity contribution is 0.0686. The van der Waals surface area contributed by atoms with Crippen molar-refractivity contribution in [2.45, 2.75) is 45.0 Å². The van der Waals surface area contributed by atoms with Crippen LogP contribution in [0.15, 0.2) is 152 Å². The number of carboxylic acid groups (broad SMARTS) is 4. The van der Waals surface area contributed by atoms with Crippen LogP contribution in [0.4, 0.5) is 0 Å². The second kappa shape index (κ2) is 22.7. The molecule has 15 heteroatoms. The molecule has 68 heavy (non-hydrogen) atoms. The van der Waals surface area contributed by atoms with E-state index in [9.17, 15) is 39.6 Å². The molecular formula is C53H43BrO14. The highest BCUT2D eigenvalue weighted by Gasteiger charge is 2.12. The Morgan fingerprint density at radius 2 is 0.485 bits per heavy atom. The molecule has 0 bridgehead atoms. The van der Waals surface area contributed by atoms with Gasteiger partial charge in [-0.05, 0) is 124 Å². The summed E-state index contributed by atoms with van der Waals surface area (Å²) in [5.74, 6) is -1.15. The van der Waals surface area contributed by atoms with Crippen molar-refractivity contribution in [2.75, 3.05) is 0 Å². The Morgan fingerprint density at radius 1 is 0.294 bits per heavy atom. The number of benzene rings is 7. The smallest absolute Gasteiger partial charge is 0.335 e. The number of aromatic carboxylic acids is 4. The third-order valence-corrected chi connectivity index (χ3v) is 10.9. The molecule has 0 radical (unpaired) electrons. The van der Waals surface area contributed by atoms with E-state index in [0.29, 0.717) is 51.0 Å². The fraction of sp³-hybridized carbons (Fsp3) is 0.132. The van der Waals surface area contributed by atoms with Gasteiger partial charge < -0.3 is 48.8 Å². The number of halogens is 1. The first-order chi connectivity index (χ1) is 32.8. The summed E-state index contributed by atoms with van der Waals surface area (Å²) in [6.45, 7) is 0.835. The lowest BCUT2D eigenvalue weighted by Gasteiger charge is -2.16. The number of rotatable bonds is 23. The van der Waals surface area contributed by atoms with Gasteiger partial charge in [0.15, 0.2) is 0 Å². The molecule has 4 N–H and O–H groups in total. The highest BCUT2D eigenvalue weighted by Crippen LogP contribution is 2.31. The van der Waals surface area contributed by atoms with E-state index < -0.39 is 23.9 Å². The first-order valence-electron chi connectivity index (χ1n) is 20.9. The van der Waals surface area contributed by atoms with E-state index in [2.05, 4.69) is 15.9 Å². The SMILES string of the molecule is O=C(O)c1ccc(COc2cc(COc3cc(CBr)cc(OCc4cc(OCc5ccc(C(=O)O)cc5)cc(OCc5ccc(C(=O)O)cc5)c4)c3)cc(OCc3ccc(C(=O)O)cc3)c2)cc1. The zero-order valence-corrected chi connectivity index (χ0v) is 37.7. The van der Waals surface area contributed by atoms with Crippen LogP contribution >= 0.6 is 15.9 Å². The van der Waals surface area contributed by atoms with Crippen molar-refractivity contribution in [3.8, 4) is 34.5 Å². The second-order valence-corrected chi connectivity index (χ2v) is 15.9. The molecule has 7 aromatic carbocycles. The lowest BCUT2D eigenvalue weighted by atomic mass is 10.1. The monoisotopic (exact) mass is 982 g/mol. The molecule has 14 nitrogen and oxygen atoms in total. The van der Waals surface area contributed by atoms with Gasteiger partial charge in [-0.15, -0.1) is 0 Å². The summed E-state index contributed by atoms with van der Waals surface area (Å²) in [6.07, 6.45) is 0. The van der Waals surface area contributed by atoms with Gasteiger partial charge in [-0.2, -0.15) is 0 Å². The van der Waals surface area contributed by atoms with Gasteiger partial charge in [-0.3, -0.25) is 0 Å². The van der Waals surface area contributed by atoms with Crippen LogP contribution in [-0.2, 0) is 45.0 Å². The van der Waals surface area contributed by atoms with Crippen molar-refractivity contribution in [1.82, 2.24) is 0 Å². The molecule has 0 spiro atoms. The molecule has 0 atom stereocenters. The van der Waals surface area contributed by atoms with E-state index in [0.717, 1.165) is 27.8 Å². The van der Waals surface area contributed by atoms with Crippen molar-refractivity contribution in [1.29, 1.82) is 0 Å². The van der Waals surface area contributed by atoms with Gasteiger partial charge in [0, 0.05) is 23.5 Å². The van der Waals surface area contributed by atoms with Crippen LogP contribution in [0.25, 0.3) is 0 Å². The normalized spacial score (nSPS) is 10.7. The quantitative estimate of drug-likeness (QED) is 0.0441. The highest BCUT2D eigenvalue weighted by atomic mass is 79.9. The lowest BCUT2D eigenvalue weighted by Crippen LogP contribution is -2.03. The Kier molecular flexibility index (Phi) is 15.9. The van der Waals surface area contributed by atoms with Gasteiger partial charge in [0.2, 0.25) is 0 Å². The van der Waals surface area contributed by atoms with E-state index >= 15 is 0 Å². The van der Waals surface area contributed by atoms with E-state index in [-0.39, 0.29) is 61.9 Å². The molecule has 0 aromatic heterocycles. The molecule has 0 saturated heterocycles. The van der Waals surface area contributed by atoms with E-state index in [4.69, 9.17) is 28.4 Å². The molecule has 0 unspecified atom stereocenters. The van der Waals surface area contributed by atoms with Gasteiger partial charge in [0.25, 0.3) is 0 Å². The number of ether oxygens (including phenoxy) is 6. The summed E-state index contributed by atoms with van der Waals surface area (Å²) in [7, 11) is 0. The Morgan fingerprint density at radius 3 is 0.676 bits per heavy atom. The highest BCUT2D eigenvalue weighted by molar-refractivity contribution is 9.08. The summed E-state index contributed by atoms with van der Waals surface area (Å²) < 4.78 is 37.2. The van der Waals surface area contributed by atoms with Crippen molar-refractivity contribution in [3.63, 3.8) is 0 Å². The van der Waals surface area contributed by atoms with Crippen LogP contribution in [-0.4, -0.2) is 44.3 Å². The molecule has 0 aliphatic carbocycles. The fourth-order valence-electron chi connectivity index (χ4n) is 6.61. The van der Waals surface area contributed by atoms with Gasteiger partial charge in [0.1, 0.15) is 74.1 Å². The van der Waals surface area contributed by atoms with Crippen molar-refractivity contribution < 1.29 is 68.0 Å². The molecule has 346 valence electrons. The van der Waals surface area contributed by atoms with Crippen LogP contribution in [0.1, 0.15) is 80.4 Å². The predicted octanol–water partition coefficient (Wildman–Crippen LogP) is 10.8. The summed E-state index contributed by atoms with van der Waals surface area (Å²) in [5.41, 5.74) is 6.00. The average Bonchev–Trinajstić information content (AvgIpc) is 3.35. The van der Waals surface area contributed by atoms with E-state index in [1.165, 1.54) is 48.5 Å². The van der Waals surface area contributed by atoms with Crippen molar-refractivity contribution in [3.05, 3.63) is 213 Å². The first-order valence-corrected chi connectivity index (χ1v) is 22.0. The van der Waals surface area contributed by atoms with Crippen LogP contribution < -0.4 is 28.4 Å². The number of carbonyl (C=O) groups is 4. The van der Waals surface area contributed by atoms with Crippen LogP contribution in [0, 0.1) is 0 Å². The van der Waals surface area contributed by atoms with Gasteiger partial charge in [-0.1, -0.05) is 64.5 Å². The first kappa shape index (κ1) is 47.7. The van der Waals surface area contributed by atoms with Gasteiger partial charge in [0.05, 0.1) is 22.3 Å². The molecule has 0 saturated carbocycles. The largest absolute Gasteiger partial charge is 0.489 e. The summed E-state index contributed by atoms with van der Waals surface area (Å²) in [6, 6.07) is 41.8. The Hall–Kier alpha value is -8.30. The molecule has 0 fully saturated rings. The zero-order chi connectivity index (χ0) is 48.0.